The molecule has 0 saturated carbocycles. The first kappa shape index (κ1) is 11.8. The van der Waals surface area contributed by atoms with Crippen LogP contribution in [0.1, 0.15) is 5.56 Å². The van der Waals surface area contributed by atoms with Crippen molar-refractivity contribution in [2.75, 3.05) is 5.32 Å². The Bertz CT molecular complexity index is 524. The van der Waals surface area contributed by atoms with Crippen molar-refractivity contribution < 1.29 is 4.79 Å². The fraction of sp³-hybridized carbons (Fsp3) is 0.182. The minimum atomic E-state index is -0.128. The molecule has 17 heavy (non-hydrogen) atoms. The van der Waals surface area contributed by atoms with Crippen molar-refractivity contribution in [2.45, 2.75) is 13.5 Å². The fourth-order valence-corrected chi connectivity index (χ4v) is 1.74. The van der Waals surface area contributed by atoms with Crippen LogP contribution in [0.5, 0.6) is 0 Å². The number of hydrogen-bond donors (Lipinski definition) is 1. The zero-order chi connectivity index (χ0) is 12.3. The Morgan fingerprint density at radius 3 is 3.06 bits per heavy atom. The third-order valence-electron chi connectivity index (χ3n) is 2.25. The van der Waals surface area contributed by atoms with Gasteiger partial charge in [-0.25, -0.2) is 9.67 Å². The van der Waals surface area contributed by atoms with Crippen molar-refractivity contribution in [1.82, 2.24) is 14.8 Å². The normalized spacial score (nSPS) is 10.2. The Morgan fingerprint density at radius 2 is 2.35 bits per heavy atom. The van der Waals surface area contributed by atoms with Gasteiger partial charge in [-0.2, -0.15) is 5.10 Å². The largest absolute Gasteiger partial charge is 0.324 e. The molecule has 0 fully saturated rings. The molecule has 0 aliphatic rings. The summed E-state index contributed by atoms with van der Waals surface area (Å²) >= 11 is 3.37. The summed E-state index contributed by atoms with van der Waals surface area (Å²) in [4.78, 5) is 15.5. The van der Waals surface area contributed by atoms with Gasteiger partial charge in [0.25, 0.3) is 0 Å². The summed E-state index contributed by atoms with van der Waals surface area (Å²) < 4.78 is 2.40. The van der Waals surface area contributed by atoms with Gasteiger partial charge in [0.2, 0.25) is 5.91 Å². The highest BCUT2D eigenvalue weighted by Gasteiger charge is 2.06. The summed E-state index contributed by atoms with van der Waals surface area (Å²) in [6.45, 7) is 2.10. The van der Waals surface area contributed by atoms with Gasteiger partial charge in [0.1, 0.15) is 19.2 Å². The highest BCUT2D eigenvalue weighted by atomic mass is 79.9. The van der Waals surface area contributed by atoms with E-state index in [1.54, 1.807) is 0 Å². The van der Waals surface area contributed by atoms with Gasteiger partial charge in [-0.15, -0.1) is 0 Å². The molecular formula is C11H11BrN4O. The molecule has 0 unspecified atom stereocenters. The predicted octanol–water partition coefficient (Wildman–Crippen LogP) is 1.99. The number of nitrogens with one attached hydrogen (secondary N) is 1. The first-order chi connectivity index (χ1) is 8.15. The first-order valence-electron chi connectivity index (χ1n) is 5.03. The average Bonchev–Trinajstić information content (AvgIpc) is 2.76. The molecule has 1 aromatic carbocycles. The third kappa shape index (κ3) is 3.13. The minimum Gasteiger partial charge on any atom is -0.324 e. The standard InChI is InChI=1S/C11H11BrN4O/c1-8-2-3-9(12)4-10(8)15-11(17)5-16-7-13-6-14-16/h2-4,6-7H,5H2,1H3,(H,15,17). The smallest absolute Gasteiger partial charge is 0.246 e. The van der Waals surface area contributed by atoms with Gasteiger partial charge >= 0.3 is 0 Å². The van der Waals surface area contributed by atoms with Crippen molar-refractivity contribution in [3.05, 3.63) is 40.9 Å². The lowest BCUT2D eigenvalue weighted by Gasteiger charge is -2.08. The van der Waals surface area contributed by atoms with Crippen LogP contribution < -0.4 is 5.32 Å². The Kier molecular flexibility index (Phi) is 3.53. The summed E-state index contributed by atoms with van der Waals surface area (Å²) in [5, 5.41) is 6.71. The van der Waals surface area contributed by atoms with Gasteiger partial charge in [-0.3, -0.25) is 4.79 Å². The zero-order valence-electron chi connectivity index (χ0n) is 9.22. The maximum atomic E-state index is 11.7. The summed E-state index contributed by atoms with van der Waals surface area (Å²) in [5.41, 5.74) is 1.81. The molecule has 2 aromatic rings. The van der Waals surface area contributed by atoms with Crippen LogP contribution in [-0.4, -0.2) is 20.7 Å². The van der Waals surface area contributed by atoms with Gasteiger partial charge in [0, 0.05) is 10.2 Å². The molecule has 1 amide bonds. The van der Waals surface area contributed by atoms with E-state index in [4.69, 9.17) is 0 Å². The van der Waals surface area contributed by atoms with Crippen molar-refractivity contribution in [2.24, 2.45) is 0 Å². The molecule has 0 atom stereocenters. The molecule has 0 radical (unpaired) electrons. The molecular weight excluding hydrogens is 284 g/mol. The highest BCUT2D eigenvalue weighted by molar-refractivity contribution is 9.10. The number of aromatic nitrogens is 3. The molecule has 1 aromatic heterocycles. The van der Waals surface area contributed by atoms with Crippen LogP contribution in [0.15, 0.2) is 35.3 Å². The average molecular weight is 295 g/mol. The maximum Gasteiger partial charge on any atom is 0.246 e. The summed E-state index contributed by atoms with van der Waals surface area (Å²) in [6.07, 6.45) is 2.91. The van der Waals surface area contributed by atoms with Crippen LogP contribution in [-0.2, 0) is 11.3 Å². The van der Waals surface area contributed by atoms with E-state index < -0.39 is 0 Å². The number of carbonyl (C=O) groups is 1. The van der Waals surface area contributed by atoms with Crippen LogP contribution in [0.3, 0.4) is 0 Å². The fourth-order valence-electron chi connectivity index (χ4n) is 1.38. The van der Waals surface area contributed by atoms with E-state index in [2.05, 4.69) is 31.3 Å². The van der Waals surface area contributed by atoms with Crippen LogP contribution in [0.2, 0.25) is 0 Å². The summed E-state index contributed by atoms with van der Waals surface area (Å²) in [6, 6.07) is 5.74. The lowest BCUT2D eigenvalue weighted by atomic mass is 10.2. The topological polar surface area (TPSA) is 59.8 Å². The van der Waals surface area contributed by atoms with Gasteiger partial charge in [-0.05, 0) is 24.6 Å². The monoisotopic (exact) mass is 294 g/mol. The Hall–Kier alpha value is -1.69. The number of anilines is 1. The van der Waals surface area contributed by atoms with Gasteiger partial charge in [0.05, 0.1) is 0 Å². The van der Waals surface area contributed by atoms with E-state index in [0.29, 0.717) is 0 Å². The van der Waals surface area contributed by atoms with Crippen LogP contribution in [0.25, 0.3) is 0 Å². The molecule has 0 saturated heterocycles. The highest BCUT2D eigenvalue weighted by Crippen LogP contribution is 2.20. The van der Waals surface area contributed by atoms with E-state index in [0.717, 1.165) is 15.7 Å². The molecule has 6 heteroatoms. The maximum absolute atomic E-state index is 11.7. The van der Waals surface area contributed by atoms with E-state index >= 15 is 0 Å². The number of nitrogens with zero attached hydrogens (tertiary/aromatic N) is 3. The number of benzene rings is 1. The molecule has 88 valence electrons. The first-order valence-corrected chi connectivity index (χ1v) is 5.83. The van der Waals surface area contributed by atoms with E-state index in [1.165, 1.54) is 17.3 Å². The molecule has 0 bridgehead atoms. The van der Waals surface area contributed by atoms with Crippen molar-refractivity contribution in [1.29, 1.82) is 0 Å². The second-order valence-corrected chi connectivity index (χ2v) is 4.52. The molecule has 1 N–H and O–H groups in total. The van der Waals surface area contributed by atoms with Crippen LogP contribution >= 0.6 is 15.9 Å². The van der Waals surface area contributed by atoms with Crippen molar-refractivity contribution in [3.8, 4) is 0 Å². The predicted molar refractivity (Wildman–Crippen MR) is 67.5 cm³/mol. The Balaban J connectivity index is 2.05. The summed E-state index contributed by atoms with van der Waals surface area (Å²) in [5.74, 6) is -0.128. The summed E-state index contributed by atoms with van der Waals surface area (Å²) in [7, 11) is 0. The Labute approximate surface area is 107 Å². The lowest BCUT2D eigenvalue weighted by Crippen LogP contribution is -2.19. The van der Waals surface area contributed by atoms with Gasteiger partial charge < -0.3 is 5.32 Å². The molecule has 0 aliphatic heterocycles. The Morgan fingerprint density at radius 1 is 1.53 bits per heavy atom. The number of halogens is 1. The van der Waals surface area contributed by atoms with Crippen molar-refractivity contribution >= 4 is 27.5 Å². The quantitative estimate of drug-likeness (QED) is 0.942. The number of amides is 1. The minimum absolute atomic E-state index is 0.128. The molecule has 2 rings (SSSR count). The molecule has 5 nitrogen and oxygen atoms in total. The third-order valence-corrected chi connectivity index (χ3v) is 2.74. The number of carbonyl (C=O) groups excluding carboxylic acids is 1. The second kappa shape index (κ2) is 5.09. The number of aryl methyl sites for hydroxylation is 1. The number of hydrogen-bond acceptors (Lipinski definition) is 3. The van der Waals surface area contributed by atoms with Crippen LogP contribution in [0, 0.1) is 6.92 Å². The van der Waals surface area contributed by atoms with Crippen molar-refractivity contribution in [3.63, 3.8) is 0 Å². The SMILES string of the molecule is Cc1ccc(Br)cc1NC(=O)Cn1cncn1. The molecule has 1 heterocycles. The van der Waals surface area contributed by atoms with E-state index in [1.807, 2.05) is 25.1 Å². The van der Waals surface area contributed by atoms with E-state index in [-0.39, 0.29) is 12.5 Å². The second-order valence-electron chi connectivity index (χ2n) is 3.60. The molecule has 0 spiro atoms. The number of rotatable bonds is 3. The molecule has 0 aliphatic carbocycles. The van der Waals surface area contributed by atoms with E-state index in [9.17, 15) is 4.79 Å². The lowest BCUT2D eigenvalue weighted by molar-refractivity contribution is -0.116. The zero-order valence-corrected chi connectivity index (χ0v) is 10.8. The van der Waals surface area contributed by atoms with Gasteiger partial charge in [-0.1, -0.05) is 22.0 Å². The van der Waals surface area contributed by atoms with Gasteiger partial charge in [0.15, 0.2) is 0 Å². The van der Waals surface area contributed by atoms with Crippen LogP contribution in [0.4, 0.5) is 5.69 Å².